The van der Waals surface area contributed by atoms with Crippen LogP contribution in [-0.2, 0) is 12.7 Å². The summed E-state index contributed by atoms with van der Waals surface area (Å²) in [4.78, 5) is 11.8. The summed E-state index contributed by atoms with van der Waals surface area (Å²) in [5, 5.41) is 5.50. The molecular weight excluding hydrogens is 293 g/mol. The number of hydrogen-bond donors (Lipinski definition) is 2. The molecule has 0 bridgehead atoms. The highest BCUT2D eigenvalue weighted by Crippen LogP contribution is 2.29. The molecule has 2 rings (SSSR count). The van der Waals surface area contributed by atoms with E-state index in [0.717, 1.165) is 37.8 Å². The smallest absolute Gasteiger partial charge is 0.335 e. The number of alkyl halides is 3. The van der Waals surface area contributed by atoms with E-state index in [-0.39, 0.29) is 18.6 Å². The maximum absolute atomic E-state index is 12.6. The highest BCUT2D eigenvalue weighted by molar-refractivity contribution is 5.74. The number of rotatable bonds is 3. The second-order valence-corrected chi connectivity index (χ2v) is 5.98. The molecule has 122 valence electrons. The van der Waals surface area contributed by atoms with E-state index in [1.165, 1.54) is 6.07 Å². The zero-order valence-electron chi connectivity index (χ0n) is 12.5. The lowest BCUT2D eigenvalue weighted by Gasteiger charge is -2.26. The van der Waals surface area contributed by atoms with Gasteiger partial charge in [-0.15, -0.1) is 0 Å². The average molecular weight is 314 g/mol. The summed E-state index contributed by atoms with van der Waals surface area (Å²) < 4.78 is 37.8. The number of carbonyl (C=O) groups excluding carboxylic acids is 1. The summed E-state index contributed by atoms with van der Waals surface area (Å²) in [6.45, 7) is 2.28. The van der Waals surface area contributed by atoms with Crippen molar-refractivity contribution in [2.45, 2.75) is 51.4 Å². The van der Waals surface area contributed by atoms with Crippen LogP contribution in [0.4, 0.5) is 18.0 Å². The van der Waals surface area contributed by atoms with Crippen molar-refractivity contribution < 1.29 is 18.0 Å². The van der Waals surface area contributed by atoms with Crippen LogP contribution in [0.3, 0.4) is 0 Å². The fourth-order valence-corrected chi connectivity index (χ4v) is 2.68. The molecule has 0 aliphatic heterocycles. The van der Waals surface area contributed by atoms with Gasteiger partial charge in [-0.25, -0.2) is 4.79 Å². The third-order valence-electron chi connectivity index (χ3n) is 4.06. The van der Waals surface area contributed by atoms with Crippen LogP contribution < -0.4 is 10.6 Å². The molecule has 1 aliphatic rings. The summed E-state index contributed by atoms with van der Waals surface area (Å²) in [7, 11) is 0. The normalized spacial score (nSPS) is 22.2. The highest BCUT2D eigenvalue weighted by atomic mass is 19.4. The Bertz CT molecular complexity index is 508. The predicted octanol–water partition coefficient (Wildman–Crippen LogP) is 4.08. The lowest BCUT2D eigenvalue weighted by molar-refractivity contribution is -0.137. The lowest BCUT2D eigenvalue weighted by Crippen LogP contribution is -2.43. The maximum Gasteiger partial charge on any atom is 0.416 e. The summed E-state index contributed by atoms with van der Waals surface area (Å²) in [6, 6.07) is 4.84. The summed E-state index contributed by atoms with van der Waals surface area (Å²) >= 11 is 0. The van der Waals surface area contributed by atoms with Crippen molar-refractivity contribution >= 4 is 6.03 Å². The van der Waals surface area contributed by atoms with E-state index in [4.69, 9.17) is 0 Å². The van der Waals surface area contributed by atoms with Crippen molar-refractivity contribution in [1.29, 1.82) is 0 Å². The fourth-order valence-electron chi connectivity index (χ4n) is 2.68. The van der Waals surface area contributed by atoms with E-state index < -0.39 is 11.7 Å². The van der Waals surface area contributed by atoms with Crippen molar-refractivity contribution in [2.75, 3.05) is 0 Å². The average Bonchev–Trinajstić information content (AvgIpc) is 2.47. The zero-order valence-corrected chi connectivity index (χ0v) is 12.5. The molecule has 2 N–H and O–H groups in total. The van der Waals surface area contributed by atoms with Crippen molar-refractivity contribution in [3.63, 3.8) is 0 Å². The minimum atomic E-state index is -4.36. The van der Waals surface area contributed by atoms with Gasteiger partial charge in [0.25, 0.3) is 0 Å². The van der Waals surface area contributed by atoms with E-state index in [2.05, 4.69) is 17.6 Å². The Morgan fingerprint density at radius 3 is 2.55 bits per heavy atom. The van der Waals surface area contributed by atoms with Crippen LogP contribution in [0, 0.1) is 5.92 Å². The van der Waals surface area contributed by atoms with Crippen molar-refractivity contribution in [1.82, 2.24) is 10.6 Å². The van der Waals surface area contributed by atoms with Crippen LogP contribution in [-0.4, -0.2) is 12.1 Å². The molecule has 1 aromatic rings. The van der Waals surface area contributed by atoms with E-state index in [1.807, 2.05) is 0 Å². The van der Waals surface area contributed by atoms with E-state index in [0.29, 0.717) is 11.5 Å². The van der Waals surface area contributed by atoms with E-state index in [1.54, 1.807) is 6.07 Å². The molecule has 0 unspecified atom stereocenters. The number of benzene rings is 1. The minimum absolute atomic E-state index is 0.0822. The number of nitrogens with one attached hydrogen (secondary N) is 2. The first-order chi connectivity index (χ1) is 10.3. The van der Waals surface area contributed by atoms with Crippen molar-refractivity contribution in [3.8, 4) is 0 Å². The third kappa shape index (κ3) is 4.93. The molecule has 1 fully saturated rings. The molecule has 0 spiro atoms. The molecule has 0 aromatic heterocycles. The first kappa shape index (κ1) is 16.6. The highest BCUT2D eigenvalue weighted by Gasteiger charge is 2.30. The third-order valence-corrected chi connectivity index (χ3v) is 4.06. The number of amides is 2. The SMILES string of the molecule is CC1CCC(NC(=O)NCc2cccc(C(F)(F)F)c2)CC1. The largest absolute Gasteiger partial charge is 0.416 e. The Morgan fingerprint density at radius 2 is 1.91 bits per heavy atom. The topological polar surface area (TPSA) is 41.1 Å². The lowest BCUT2D eigenvalue weighted by atomic mass is 9.87. The minimum Gasteiger partial charge on any atom is -0.335 e. The van der Waals surface area contributed by atoms with Crippen LogP contribution in [0.25, 0.3) is 0 Å². The van der Waals surface area contributed by atoms with Gasteiger partial charge in [-0.2, -0.15) is 13.2 Å². The summed E-state index contributed by atoms with van der Waals surface area (Å²) in [5.74, 6) is 0.700. The van der Waals surface area contributed by atoms with Crippen LogP contribution in [0.1, 0.15) is 43.7 Å². The maximum atomic E-state index is 12.6. The van der Waals surface area contributed by atoms with E-state index in [9.17, 15) is 18.0 Å². The molecule has 6 heteroatoms. The van der Waals surface area contributed by atoms with Crippen molar-refractivity contribution in [2.24, 2.45) is 5.92 Å². The van der Waals surface area contributed by atoms with Gasteiger partial charge in [0, 0.05) is 12.6 Å². The molecule has 0 radical (unpaired) electrons. The monoisotopic (exact) mass is 314 g/mol. The van der Waals surface area contributed by atoms with Gasteiger partial charge < -0.3 is 10.6 Å². The summed E-state index contributed by atoms with van der Waals surface area (Å²) in [5.41, 5.74) is -0.268. The molecule has 3 nitrogen and oxygen atoms in total. The molecule has 2 amide bonds. The van der Waals surface area contributed by atoms with Gasteiger partial charge in [0.05, 0.1) is 5.56 Å². The Morgan fingerprint density at radius 1 is 1.23 bits per heavy atom. The number of urea groups is 1. The first-order valence-corrected chi connectivity index (χ1v) is 7.55. The van der Waals surface area contributed by atoms with Gasteiger partial charge in [-0.1, -0.05) is 19.1 Å². The van der Waals surface area contributed by atoms with Crippen LogP contribution >= 0.6 is 0 Å². The molecule has 0 heterocycles. The molecule has 1 aromatic carbocycles. The van der Waals surface area contributed by atoms with Crippen molar-refractivity contribution in [3.05, 3.63) is 35.4 Å². The molecule has 0 saturated heterocycles. The van der Waals surface area contributed by atoms with Crippen LogP contribution in [0.2, 0.25) is 0 Å². The Balaban J connectivity index is 1.81. The standard InChI is InChI=1S/C16H21F3N2O/c1-11-5-7-14(8-6-11)21-15(22)20-10-12-3-2-4-13(9-12)16(17,18)19/h2-4,9,11,14H,5-8,10H2,1H3,(H2,20,21,22). The second kappa shape index (κ2) is 7.03. The summed E-state index contributed by atoms with van der Waals surface area (Å²) in [6.07, 6.45) is -0.259. The first-order valence-electron chi connectivity index (χ1n) is 7.55. The number of halogens is 3. The number of hydrogen-bond acceptors (Lipinski definition) is 1. The van der Waals surface area contributed by atoms with Gasteiger partial charge in [0.15, 0.2) is 0 Å². The Hall–Kier alpha value is -1.72. The zero-order chi connectivity index (χ0) is 16.2. The molecular formula is C16H21F3N2O. The molecule has 1 aliphatic carbocycles. The van der Waals surface area contributed by atoms with Gasteiger partial charge in [0.1, 0.15) is 0 Å². The van der Waals surface area contributed by atoms with Gasteiger partial charge in [-0.3, -0.25) is 0 Å². The van der Waals surface area contributed by atoms with Crippen LogP contribution in [0.15, 0.2) is 24.3 Å². The van der Waals surface area contributed by atoms with Crippen LogP contribution in [0.5, 0.6) is 0 Å². The predicted molar refractivity (Wildman–Crippen MR) is 78.2 cm³/mol. The van der Waals surface area contributed by atoms with Gasteiger partial charge in [0.2, 0.25) is 0 Å². The second-order valence-electron chi connectivity index (χ2n) is 5.98. The molecule has 22 heavy (non-hydrogen) atoms. The van der Waals surface area contributed by atoms with E-state index >= 15 is 0 Å². The molecule has 1 saturated carbocycles. The Labute approximate surface area is 128 Å². The quantitative estimate of drug-likeness (QED) is 0.867. The van der Waals surface area contributed by atoms with Gasteiger partial charge in [-0.05, 0) is 49.3 Å². The molecule has 0 atom stereocenters. The Kier molecular flexibility index (Phi) is 5.32. The number of carbonyl (C=O) groups is 1. The fraction of sp³-hybridized carbons (Fsp3) is 0.562. The van der Waals surface area contributed by atoms with Gasteiger partial charge >= 0.3 is 12.2 Å².